The number of hydrogen-bond acceptors (Lipinski definition) is 5. The number of nitrogens with zero attached hydrogens (tertiary/aromatic N) is 1. The standard InChI is InChI=1S/C10H13ClF2N6O2/c11-5-6(14)4(7(15)16)3-18-8(5)19-10(20)17-1-2-21-9(12)13/h3,9H,1-2H2,(H3,15,16)(H4,14,17,18,19,20). The van der Waals surface area contributed by atoms with Crippen LogP contribution in [0, 0.1) is 5.41 Å². The van der Waals surface area contributed by atoms with E-state index in [2.05, 4.69) is 20.4 Å². The highest BCUT2D eigenvalue weighted by molar-refractivity contribution is 6.36. The number of alkyl halides is 2. The van der Waals surface area contributed by atoms with Crippen LogP contribution in [0.25, 0.3) is 0 Å². The van der Waals surface area contributed by atoms with Crippen LogP contribution in [0.4, 0.5) is 25.1 Å². The number of nitrogens with two attached hydrogens (primary N) is 2. The summed E-state index contributed by atoms with van der Waals surface area (Å²) in [7, 11) is 0. The average molecular weight is 323 g/mol. The molecule has 21 heavy (non-hydrogen) atoms. The fraction of sp³-hybridized carbons (Fsp3) is 0.300. The first-order valence-electron chi connectivity index (χ1n) is 5.56. The highest BCUT2D eigenvalue weighted by Gasteiger charge is 2.14. The second-order valence-electron chi connectivity index (χ2n) is 3.67. The zero-order chi connectivity index (χ0) is 16.0. The van der Waals surface area contributed by atoms with Gasteiger partial charge in [-0.25, -0.2) is 9.78 Å². The monoisotopic (exact) mass is 322 g/mol. The molecule has 8 nitrogen and oxygen atoms in total. The molecule has 116 valence electrons. The van der Waals surface area contributed by atoms with E-state index in [1.807, 2.05) is 0 Å². The van der Waals surface area contributed by atoms with Gasteiger partial charge in [0, 0.05) is 12.7 Å². The van der Waals surface area contributed by atoms with Gasteiger partial charge in [-0.3, -0.25) is 10.7 Å². The Morgan fingerprint density at radius 3 is 2.81 bits per heavy atom. The Balaban J connectivity index is 2.61. The number of hydrogen-bond donors (Lipinski definition) is 5. The first-order chi connectivity index (χ1) is 9.82. The van der Waals surface area contributed by atoms with Crippen molar-refractivity contribution in [3.05, 3.63) is 16.8 Å². The number of nitrogen functional groups attached to an aromatic ring is 2. The molecule has 1 aromatic heterocycles. The molecule has 0 aliphatic heterocycles. The average Bonchev–Trinajstić information content (AvgIpc) is 2.39. The third kappa shape index (κ3) is 5.00. The van der Waals surface area contributed by atoms with Gasteiger partial charge in [0.1, 0.15) is 10.9 Å². The highest BCUT2D eigenvalue weighted by Crippen LogP contribution is 2.28. The Hall–Kier alpha value is -2.20. The number of halogens is 3. The summed E-state index contributed by atoms with van der Waals surface area (Å²) in [6.07, 6.45) is 1.18. The van der Waals surface area contributed by atoms with E-state index in [1.54, 1.807) is 0 Å². The van der Waals surface area contributed by atoms with Crippen molar-refractivity contribution < 1.29 is 18.3 Å². The lowest BCUT2D eigenvalue weighted by Crippen LogP contribution is -2.32. The summed E-state index contributed by atoms with van der Waals surface area (Å²) < 4.78 is 27.3. The molecule has 0 saturated carbocycles. The Morgan fingerprint density at radius 1 is 1.57 bits per heavy atom. The van der Waals surface area contributed by atoms with Gasteiger partial charge < -0.3 is 21.5 Å². The van der Waals surface area contributed by atoms with Gasteiger partial charge in [-0.2, -0.15) is 8.78 Å². The molecule has 0 fully saturated rings. The Kier molecular flexibility index (Phi) is 6.06. The minimum atomic E-state index is -2.90. The lowest BCUT2D eigenvalue weighted by atomic mass is 10.2. The number of urea groups is 1. The van der Waals surface area contributed by atoms with E-state index in [4.69, 9.17) is 28.5 Å². The first kappa shape index (κ1) is 16.9. The number of carbonyl (C=O) groups is 1. The molecule has 0 radical (unpaired) electrons. The minimum Gasteiger partial charge on any atom is -0.397 e. The van der Waals surface area contributed by atoms with E-state index in [0.717, 1.165) is 0 Å². The molecule has 1 aromatic rings. The van der Waals surface area contributed by atoms with Crippen molar-refractivity contribution in [3.63, 3.8) is 0 Å². The predicted octanol–water partition coefficient (Wildman–Crippen LogP) is 0.962. The van der Waals surface area contributed by atoms with Crippen molar-refractivity contribution in [2.45, 2.75) is 6.61 Å². The summed E-state index contributed by atoms with van der Waals surface area (Å²) in [5.41, 5.74) is 11.0. The van der Waals surface area contributed by atoms with Gasteiger partial charge in [-0.1, -0.05) is 11.6 Å². The van der Waals surface area contributed by atoms with Gasteiger partial charge in [-0.15, -0.1) is 0 Å². The van der Waals surface area contributed by atoms with Crippen molar-refractivity contribution >= 4 is 35.0 Å². The third-order valence-electron chi connectivity index (χ3n) is 2.21. The molecular weight excluding hydrogens is 310 g/mol. The SMILES string of the molecule is N=C(N)c1cnc(NC(=O)NCCOC(F)F)c(Cl)c1N. The molecule has 0 aliphatic carbocycles. The smallest absolute Gasteiger partial charge is 0.345 e. The van der Waals surface area contributed by atoms with Gasteiger partial charge in [0.2, 0.25) is 0 Å². The van der Waals surface area contributed by atoms with Crippen LogP contribution in [0.2, 0.25) is 5.02 Å². The normalized spacial score (nSPS) is 10.5. The Labute approximate surface area is 123 Å². The van der Waals surface area contributed by atoms with Gasteiger partial charge in [0.05, 0.1) is 17.9 Å². The van der Waals surface area contributed by atoms with E-state index in [-0.39, 0.29) is 41.1 Å². The first-order valence-corrected chi connectivity index (χ1v) is 5.93. The molecule has 0 bridgehead atoms. The van der Waals surface area contributed by atoms with Crippen molar-refractivity contribution in [1.82, 2.24) is 10.3 Å². The van der Waals surface area contributed by atoms with Crippen molar-refractivity contribution in [2.24, 2.45) is 5.73 Å². The van der Waals surface area contributed by atoms with Crippen molar-refractivity contribution in [1.29, 1.82) is 5.41 Å². The molecule has 0 atom stereocenters. The Morgan fingerprint density at radius 2 is 2.24 bits per heavy atom. The lowest BCUT2D eigenvalue weighted by Gasteiger charge is -2.11. The van der Waals surface area contributed by atoms with Crippen LogP contribution in [0.3, 0.4) is 0 Å². The molecular formula is C10H13ClF2N6O2. The summed E-state index contributed by atoms with van der Waals surface area (Å²) in [5, 5.41) is 11.7. The summed E-state index contributed by atoms with van der Waals surface area (Å²) in [6.45, 7) is -3.38. The quantitative estimate of drug-likeness (QED) is 0.301. The lowest BCUT2D eigenvalue weighted by molar-refractivity contribution is -0.126. The largest absolute Gasteiger partial charge is 0.397 e. The second kappa shape index (κ2) is 7.55. The topological polar surface area (TPSA) is 139 Å². The van der Waals surface area contributed by atoms with Crippen LogP contribution in [-0.2, 0) is 4.74 Å². The number of carbonyl (C=O) groups excluding carboxylic acids is 1. The van der Waals surface area contributed by atoms with Gasteiger partial charge in [0.15, 0.2) is 5.82 Å². The molecule has 7 N–H and O–H groups in total. The number of amidine groups is 1. The van der Waals surface area contributed by atoms with Crippen LogP contribution in [0.5, 0.6) is 0 Å². The molecule has 1 rings (SSSR count). The number of aromatic nitrogens is 1. The minimum absolute atomic E-state index is 0.00417. The maximum atomic E-state index is 11.7. The van der Waals surface area contributed by atoms with Crippen LogP contribution in [0.15, 0.2) is 6.20 Å². The number of ether oxygens (including phenoxy) is 1. The number of rotatable bonds is 6. The molecule has 0 saturated heterocycles. The van der Waals surface area contributed by atoms with Gasteiger partial charge in [0.25, 0.3) is 0 Å². The van der Waals surface area contributed by atoms with Crippen molar-refractivity contribution in [3.8, 4) is 0 Å². The molecule has 2 amide bonds. The van der Waals surface area contributed by atoms with Crippen LogP contribution in [-0.4, -0.2) is 36.6 Å². The van der Waals surface area contributed by atoms with Crippen molar-refractivity contribution in [2.75, 3.05) is 24.2 Å². The molecule has 1 heterocycles. The maximum Gasteiger partial charge on any atom is 0.345 e. The van der Waals surface area contributed by atoms with Gasteiger partial charge in [-0.05, 0) is 0 Å². The Bertz CT molecular complexity index is 543. The number of amides is 2. The summed E-state index contributed by atoms with van der Waals surface area (Å²) in [4.78, 5) is 15.3. The van der Waals surface area contributed by atoms with E-state index in [1.165, 1.54) is 6.20 Å². The number of pyridine rings is 1. The third-order valence-corrected chi connectivity index (χ3v) is 2.59. The molecule has 0 aliphatic rings. The van der Waals surface area contributed by atoms with E-state index in [9.17, 15) is 13.6 Å². The zero-order valence-corrected chi connectivity index (χ0v) is 11.4. The zero-order valence-electron chi connectivity index (χ0n) is 10.6. The summed E-state index contributed by atoms with van der Waals surface area (Å²) in [5.74, 6) is -0.367. The summed E-state index contributed by atoms with van der Waals surface area (Å²) in [6, 6.07) is -0.725. The molecule has 0 spiro atoms. The highest BCUT2D eigenvalue weighted by atomic mass is 35.5. The van der Waals surface area contributed by atoms with E-state index in [0.29, 0.717) is 0 Å². The van der Waals surface area contributed by atoms with Crippen LogP contribution in [0.1, 0.15) is 5.56 Å². The van der Waals surface area contributed by atoms with E-state index >= 15 is 0 Å². The fourth-order valence-electron chi connectivity index (χ4n) is 1.27. The second-order valence-corrected chi connectivity index (χ2v) is 4.05. The van der Waals surface area contributed by atoms with E-state index < -0.39 is 12.6 Å². The predicted molar refractivity (Wildman–Crippen MR) is 73.7 cm³/mol. The molecule has 0 unspecified atom stereocenters. The van der Waals surface area contributed by atoms with Gasteiger partial charge >= 0.3 is 12.6 Å². The summed E-state index contributed by atoms with van der Waals surface area (Å²) >= 11 is 5.88. The van der Waals surface area contributed by atoms with Crippen LogP contribution < -0.4 is 22.1 Å². The molecule has 11 heteroatoms. The maximum absolute atomic E-state index is 11.7. The number of nitrogens with one attached hydrogen (secondary N) is 3. The van der Waals surface area contributed by atoms with Crippen LogP contribution >= 0.6 is 11.6 Å². The fourth-order valence-corrected chi connectivity index (χ4v) is 1.47. The number of anilines is 2. The molecule has 0 aromatic carbocycles.